The fraction of sp³-hybridized carbons (Fsp3) is 0.900. The predicted octanol–water partition coefficient (Wildman–Crippen LogP) is 1.67. The first-order chi connectivity index (χ1) is 6.74. The van der Waals surface area contributed by atoms with Gasteiger partial charge >= 0.3 is 5.97 Å². The molecule has 3 nitrogen and oxygen atoms in total. The first-order valence-corrected chi connectivity index (χ1v) is 6.21. The van der Waals surface area contributed by atoms with Gasteiger partial charge in [0.05, 0.1) is 12.9 Å². The van der Waals surface area contributed by atoms with E-state index in [1.54, 1.807) is 11.8 Å². The second kappa shape index (κ2) is 9.34. The summed E-state index contributed by atoms with van der Waals surface area (Å²) in [6.45, 7) is 2.18. The van der Waals surface area contributed by atoms with Crippen LogP contribution in [0.25, 0.3) is 0 Å². The minimum atomic E-state index is -0.129. The first-order valence-electron chi connectivity index (χ1n) is 5.06. The van der Waals surface area contributed by atoms with Crippen LogP contribution in [0.15, 0.2) is 0 Å². The van der Waals surface area contributed by atoms with Crippen molar-refractivity contribution < 1.29 is 9.53 Å². The number of methoxy groups -OCH3 is 1. The van der Waals surface area contributed by atoms with Crippen molar-refractivity contribution in [2.75, 3.05) is 25.7 Å². The van der Waals surface area contributed by atoms with E-state index in [0.717, 1.165) is 18.6 Å². The van der Waals surface area contributed by atoms with Gasteiger partial charge in [0.2, 0.25) is 0 Å². The molecule has 1 N–H and O–H groups in total. The molecule has 0 bridgehead atoms. The number of ether oxygens (including phenoxy) is 1. The van der Waals surface area contributed by atoms with E-state index < -0.39 is 0 Å². The molecule has 0 heterocycles. The number of nitrogens with one attached hydrogen (secondary N) is 1. The molecule has 0 saturated carbocycles. The molecule has 1 unspecified atom stereocenters. The summed E-state index contributed by atoms with van der Waals surface area (Å²) >= 11 is 1.65. The van der Waals surface area contributed by atoms with Crippen molar-refractivity contribution in [1.82, 2.24) is 5.32 Å². The third-order valence-electron chi connectivity index (χ3n) is 2.19. The lowest BCUT2D eigenvalue weighted by atomic mass is 10.1. The Hall–Kier alpha value is -0.220. The van der Waals surface area contributed by atoms with Gasteiger partial charge in [-0.1, -0.05) is 6.92 Å². The maximum Gasteiger partial charge on any atom is 0.315 e. The lowest BCUT2D eigenvalue weighted by Gasteiger charge is -2.12. The monoisotopic (exact) mass is 219 g/mol. The van der Waals surface area contributed by atoms with Crippen LogP contribution in [0, 0.1) is 0 Å². The van der Waals surface area contributed by atoms with Crippen molar-refractivity contribution in [3.8, 4) is 0 Å². The molecule has 0 aromatic carbocycles. The molecule has 0 spiro atoms. The molecule has 4 heteroatoms. The van der Waals surface area contributed by atoms with E-state index in [0.29, 0.717) is 11.8 Å². The van der Waals surface area contributed by atoms with Crippen molar-refractivity contribution in [3.63, 3.8) is 0 Å². The van der Waals surface area contributed by atoms with Crippen LogP contribution in [0.3, 0.4) is 0 Å². The smallest absolute Gasteiger partial charge is 0.315 e. The van der Waals surface area contributed by atoms with Gasteiger partial charge in [-0.3, -0.25) is 4.79 Å². The molecule has 0 rings (SSSR count). The van der Waals surface area contributed by atoms with Gasteiger partial charge in [0.15, 0.2) is 0 Å². The number of hydrogen-bond donors (Lipinski definition) is 1. The minimum absolute atomic E-state index is 0.129. The number of esters is 1. The molecule has 0 fully saturated rings. The van der Waals surface area contributed by atoms with Crippen molar-refractivity contribution in [1.29, 1.82) is 0 Å². The van der Waals surface area contributed by atoms with Gasteiger partial charge in [0.1, 0.15) is 0 Å². The molecule has 0 radical (unpaired) electrons. The second-order valence-electron chi connectivity index (χ2n) is 3.16. The predicted molar refractivity (Wildman–Crippen MR) is 61.7 cm³/mol. The van der Waals surface area contributed by atoms with E-state index in [1.165, 1.54) is 13.5 Å². The van der Waals surface area contributed by atoms with E-state index in [-0.39, 0.29) is 5.97 Å². The number of hydrogen-bond acceptors (Lipinski definition) is 4. The molecule has 84 valence electrons. The highest BCUT2D eigenvalue weighted by molar-refractivity contribution is 7.99. The van der Waals surface area contributed by atoms with Crippen LogP contribution in [-0.4, -0.2) is 37.7 Å². The zero-order valence-electron chi connectivity index (χ0n) is 9.34. The van der Waals surface area contributed by atoms with Crippen molar-refractivity contribution in [2.45, 2.75) is 32.2 Å². The Bertz CT molecular complexity index is 149. The summed E-state index contributed by atoms with van der Waals surface area (Å²) < 4.78 is 4.55. The Morgan fingerprint density at radius 3 is 2.79 bits per heavy atom. The summed E-state index contributed by atoms with van der Waals surface area (Å²) in [4.78, 5) is 10.8. The molecule has 0 aliphatic rings. The standard InChI is InChI=1S/C10H21NO2S/c1-4-9(11-2)6-5-7-14-8-10(12)13-3/h9,11H,4-8H2,1-3H3. The Labute approximate surface area is 91.0 Å². The maximum absolute atomic E-state index is 10.8. The van der Waals surface area contributed by atoms with Gasteiger partial charge < -0.3 is 10.1 Å². The molecule has 0 aromatic heterocycles. The van der Waals surface area contributed by atoms with E-state index >= 15 is 0 Å². The van der Waals surface area contributed by atoms with Crippen LogP contribution in [0.5, 0.6) is 0 Å². The second-order valence-corrected chi connectivity index (χ2v) is 4.27. The SMILES string of the molecule is CCC(CCCSCC(=O)OC)NC. The van der Waals surface area contributed by atoms with E-state index in [2.05, 4.69) is 17.0 Å². The Morgan fingerprint density at radius 2 is 2.29 bits per heavy atom. The molecule has 0 saturated heterocycles. The van der Waals surface area contributed by atoms with Gasteiger partial charge in [-0.05, 0) is 32.1 Å². The number of thioether (sulfide) groups is 1. The first kappa shape index (κ1) is 13.8. The molecule has 0 aliphatic carbocycles. The quantitative estimate of drug-likeness (QED) is 0.498. The fourth-order valence-corrected chi connectivity index (χ4v) is 2.00. The van der Waals surface area contributed by atoms with E-state index in [1.807, 2.05) is 7.05 Å². The number of carbonyl (C=O) groups is 1. The maximum atomic E-state index is 10.8. The Kier molecular flexibility index (Phi) is 9.19. The third kappa shape index (κ3) is 7.21. The molecule has 0 aliphatic heterocycles. The molecule has 0 amide bonds. The fourth-order valence-electron chi connectivity index (χ4n) is 1.20. The average Bonchev–Trinajstić information content (AvgIpc) is 2.23. The van der Waals surface area contributed by atoms with Crippen LogP contribution < -0.4 is 5.32 Å². The largest absolute Gasteiger partial charge is 0.468 e. The summed E-state index contributed by atoms with van der Waals surface area (Å²) in [7, 11) is 3.42. The number of carbonyl (C=O) groups excluding carboxylic acids is 1. The summed E-state index contributed by atoms with van der Waals surface area (Å²) in [6.07, 6.45) is 3.50. The van der Waals surface area contributed by atoms with Gasteiger partial charge in [-0.25, -0.2) is 0 Å². The number of rotatable bonds is 8. The molecule has 14 heavy (non-hydrogen) atoms. The molecule has 0 aromatic rings. The summed E-state index contributed by atoms with van der Waals surface area (Å²) in [6, 6.07) is 0.619. The lowest BCUT2D eigenvalue weighted by Crippen LogP contribution is -2.24. The van der Waals surface area contributed by atoms with E-state index in [9.17, 15) is 4.79 Å². The summed E-state index contributed by atoms with van der Waals surface area (Å²) in [5.41, 5.74) is 0. The van der Waals surface area contributed by atoms with Crippen molar-refractivity contribution in [2.24, 2.45) is 0 Å². The topological polar surface area (TPSA) is 38.3 Å². The highest BCUT2D eigenvalue weighted by Crippen LogP contribution is 2.08. The molecular formula is C10H21NO2S. The van der Waals surface area contributed by atoms with Crippen LogP contribution in [0.4, 0.5) is 0 Å². The summed E-state index contributed by atoms with van der Waals surface area (Å²) in [5, 5.41) is 3.26. The van der Waals surface area contributed by atoms with Crippen molar-refractivity contribution >= 4 is 17.7 Å². The van der Waals surface area contributed by atoms with E-state index in [4.69, 9.17) is 0 Å². The zero-order chi connectivity index (χ0) is 10.8. The Balaban J connectivity index is 3.24. The highest BCUT2D eigenvalue weighted by atomic mass is 32.2. The Morgan fingerprint density at radius 1 is 1.57 bits per heavy atom. The normalized spacial score (nSPS) is 12.5. The molecule has 1 atom stereocenters. The van der Waals surface area contributed by atoms with Crippen LogP contribution >= 0.6 is 11.8 Å². The van der Waals surface area contributed by atoms with Crippen LogP contribution in [0.2, 0.25) is 0 Å². The summed E-state index contributed by atoms with van der Waals surface area (Å²) in [5.74, 6) is 1.38. The third-order valence-corrected chi connectivity index (χ3v) is 3.21. The average molecular weight is 219 g/mol. The highest BCUT2D eigenvalue weighted by Gasteiger charge is 2.03. The van der Waals surface area contributed by atoms with Gasteiger partial charge in [0.25, 0.3) is 0 Å². The lowest BCUT2D eigenvalue weighted by molar-refractivity contribution is -0.137. The van der Waals surface area contributed by atoms with Gasteiger partial charge in [0, 0.05) is 6.04 Å². The van der Waals surface area contributed by atoms with Crippen LogP contribution in [0.1, 0.15) is 26.2 Å². The molecular weight excluding hydrogens is 198 g/mol. The minimum Gasteiger partial charge on any atom is -0.468 e. The van der Waals surface area contributed by atoms with Crippen LogP contribution in [-0.2, 0) is 9.53 Å². The van der Waals surface area contributed by atoms with Gasteiger partial charge in [-0.15, -0.1) is 0 Å². The van der Waals surface area contributed by atoms with Crippen molar-refractivity contribution in [3.05, 3.63) is 0 Å². The zero-order valence-corrected chi connectivity index (χ0v) is 10.2. The van der Waals surface area contributed by atoms with Gasteiger partial charge in [-0.2, -0.15) is 11.8 Å².